The molecule has 0 amide bonds. The molecular formula is C55H88N8. The van der Waals surface area contributed by atoms with Gasteiger partial charge in [0.2, 0.25) is 0 Å². The van der Waals surface area contributed by atoms with Crippen molar-refractivity contribution in [2.75, 3.05) is 44.2 Å². The maximum Gasteiger partial charge on any atom is 0.0663 e. The SMILES string of the molecule is C=CCCC(C)(C)Cc1c(-c2cc(N3CCN(C4CC4)CC3)cnc2C(C)N)n(CC)c2ccc(-c3cc(C)cc(CC(N)C(=C)N4CCCCN4)c3)cc12.CC.CC.CCCC. The van der Waals surface area contributed by atoms with Crippen LogP contribution in [0.3, 0.4) is 0 Å². The standard InChI is InChI=1S/C47H66N8.C4H10.2C2H6/c1-8-10-17-47(6,7)30-42-40-28-36(37-25-32(3)24-35(26-37)27-43(49)34(5)55-19-12-11-18-51-55)13-16-44(40)54(9-2)46(42)41-29-39(31-50-45(41)33(4)48)53-22-20-52(21-23-53)38-14-15-38;1-3-4-2;2*1-2/h8,13,16,24-26,28-29,31,33,38,43,51H,1,5,9-12,14-15,17-23,27,30,48-49H2,2-4,6-7H3;3-4H2,1-2H3;2*1-2H3. The van der Waals surface area contributed by atoms with Crippen molar-refractivity contribution in [3.63, 3.8) is 0 Å². The molecule has 2 aromatic heterocycles. The highest BCUT2D eigenvalue weighted by Crippen LogP contribution is 2.43. The van der Waals surface area contributed by atoms with Crippen LogP contribution in [0.25, 0.3) is 33.3 Å². The lowest BCUT2D eigenvalue weighted by molar-refractivity contribution is 0.192. The first kappa shape index (κ1) is 51.7. The molecule has 2 atom stereocenters. The summed E-state index contributed by atoms with van der Waals surface area (Å²) in [6.45, 7) is 39.2. The van der Waals surface area contributed by atoms with Crippen LogP contribution in [0, 0.1) is 12.3 Å². The number of hydrazine groups is 1. The molecule has 0 bridgehead atoms. The van der Waals surface area contributed by atoms with Crippen molar-refractivity contribution in [2.45, 2.75) is 165 Å². The van der Waals surface area contributed by atoms with Crippen LogP contribution < -0.4 is 21.8 Å². The zero-order valence-electron chi connectivity index (χ0n) is 41.8. The molecule has 2 unspecified atom stereocenters. The van der Waals surface area contributed by atoms with E-state index in [-0.39, 0.29) is 17.5 Å². The summed E-state index contributed by atoms with van der Waals surface area (Å²) in [4.78, 5) is 10.4. The summed E-state index contributed by atoms with van der Waals surface area (Å²) in [6.07, 6.45) is 15.6. The third-order valence-electron chi connectivity index (χ3n) is 12.8. The first-order chi connectivity index (χ1) is 30.4. The normalized spacial score (nSPS) is 16.5. The molecule has 1 aliphatic carbocycles. The lowest BCUT2D eigenvalue weighted by Crippen LogP contribution is -2.47. The molecule has 2 aliphatic heterocycles. The van der Waals surface area contributed by atoms with E-state index in [1.54, 1.807) is 0 Å². The van der Waals surface area contributed by atoms with Gasteiger partial charge in [0.05, 0.1) is 23.3 Å². The maximum absolute atomic E-state index is 6.80. The van der Waals surface area contributed by atoms with Crippen LogP contribution in [0.15, 0.2) is 73.6 Å². The van der Waals surface area contributed by atoms with E-state index in [2.05, 4.69) is 141 Å². The molecule has 0 spiro atoms. The molecule has 3 fully saturated rings. The van der Waals surface area contributed by atoms with Crippen LogP contribution >= 0.6 is 0 Å². The average Bonchev–Trinajstić information content (AvgIpc) is 4.12. The fraction of sp³-hybridized carbons (Fsp3) is 0.582. The van der Waals surface area contributed by atoms with Crippen LogP contribution in [-0.4, -0.2) is 70.8 Å². The molecule has 63 heavy (non-hydrogen) atoms. The van der Waals surface area contributed by atoms with Crippen molar-refractivity contribution in [3.05, 3.63) is 96.0 Å². The number of rotatable bonds is 16. The van der Waals surface area contributed by atoms with Gasteiger partial charge in [-0.15, -0.1) is 6.58 Å². The number of allylic oxidation sites excluding steroid dienone is 1. The van der Waals surface area contributed by atoms with Gasteiger partial charge in [-0.2, -0.15) is 0 Å². The first-order valence-electron chi connectivity index (χ1n) is 24.9. The summed E-state index contributed by atoms with van der Waals surface area (Å²) in [7, 11) is 0. The van der Waals surface area contributed by atoms with Gasteiger partial charge in [0.1, 0.15) is 0 Å². The van der Waals surface area contributed by atoms with Crippen molar-refractivity contribution < 1.29 is 0 Å². The number of piperazine rings is 1. The number of nitrogens with zero attached hydrogens (tertiary/aromatic N) is 5. The summed E-state index contributed by atoms with van der Waals surface area (Å²) in [5.41, 5.74) is 30.2. The highest BCUT2D eigenvalue weighted by molar-refractivity contribution is 5.95. The minimum atomic E-state index is -0.199. The molecule has 7 rings (SSSR count). The summed E-state index contributed by atoms with van der Waals surface area (Å²) >= 11 is 0. The molecule has 0 radical (unpaired) electrons. The molecule has 2 saturated heterocycles. The Morgan fingerprint density at radius 3 is 2.21 bits per heavy atom. The number of hydrogen-bond donors (Lipinski definition) is 3. The van der Waals surface area contributed by atoms with Gasteiger partial charge in [0, 0.05) is 86.1 Å². The molecule has 8 heteroatoms. The van der Waals surface area contributed by atoms with E-state index in [0.717, 1.165) is 95.4 Å². The summed E-state index contributed by atoms with van der Waals surface area (Å²) in [5.74, 6) is 0. The number of fused-ring (bicyclic) bond motifs is 1. The molecular weight excluding hydrogens is 773 g/mol. The second-order valence-electron chi connectivity index (χ2n) is 18.4. The van der Waals surface area contributed by atoms with Crippen LogP contribution in [0.2, 0.25) is 0 Å². The molecule has 348 valence electrons. The number of anilines is 1. The first-order valence-corrected chi connectivity index (χ1v) is 24.9. The van der Waals surface area contributed by atoms with Gasteiger partial charge >= 0.3 is 0 Å². The van der Waals surface area contributed by atoms with E-state index in [0.29, 0.717) is 0 Å². The van der Waals surface area contributed by atoms with Crippen molar-refractivity contribution in [1.29, 1.82) is 0 Å². The number of hydrogen-bond acceptors (Lipinski definition) is 7. The quantitative estimate of drug-likeness (QED) is 0.0967. The topological polar surface area (TPSA) is 91.6 Å². The second kappa shape index (κ2) is 24.9. The molecule has 4 aromatic rings. The zero-order valence-corrected chi connectivity index (χ0v) is 41.8. The minimum absolute atomic E-state index is 0.0583. The van der Waals surface area contributed by atoms with Gasteiger partial charge in [0.25, 0.3) is 0 Å². The number of benzene rings is 2. The van der Waals surface area contributed by atoms with E-state index in [1.807, 2.05) is 27.7 Å². The van der Waals surface area contributed by atoms with Crippen molar-refractivity contribution >= 4 is 16.6 Å². The largest absolute Gasteiger partial charge is 0.368 e. The summed E-state index contributed by atoms with van der Waals surface area (Å²) in [5, 5.41) is 3.47. The second-order valence-corrected chi connectivity index (χ2v) is 18.4. The Balaban J connectivity index is 0.00000102. The van der Waals surface area contributed by atoms with Crippen LogP contribution in [0.4, 0.5) is 5.69 Å². The number of nitrogens with two attached hydrogens (primary N) is 2. The lowest BCUT2D eigenvalue weighted by Gasteiger charge is -2.36. The van der Waals surface area contributed by atoms with E-state index < -0.39 is 0 Å². The third-order valence-corrected chi connectivity index (χ3v) is 12.8. The van der Waals surface area contributed by atoms with E-state index >= 15 is 0 Å². The van der Waals surface area contributed by atoms with Gasteiger partial charge in [-0.25, -0.2) is 5.43 Å². The number of pyridine rings is 1. The monoisotopic (exact) mass is 861 g/mol. The number of nitrogens with one attached hydrogen (secondary N) is 1. The predicted octanol–water partition coefficient (Wildman–Crippen LogP) is 12.4. The van der Waals surface area contributed by atoms with Crippen LogP contribution in [-0.2, 0) is 19.4 Å². The Hall–Kier alpha value is -3.95. The number of aryl methyl sites for hydroxylation is 2. The zero-order chi connectivity index (χ0) is 46.3. The summed E-state index contributed by atoms with van der Waals surface area (Å²) in [6, 6.07) is 16.9. The fourth-order valence-electron chi connectivity index (χ4n) is 9.11. The van der Waals surface area contributed by atoms with Gasteiger partial charge in [0.15, 0.2) is 0 Å². The third kappa shape index (κ3) is 13.5. The van der Waals surface area contributed by atoms with E-state index in [1.165, 1.54) is 87.8 Å². The Labute approximate surface area is 384 Å². The Morgan fingerprint density at radius 2 is 1.62 bits per heavy atom. The highest BCUT2D eigenvalue weighted by Gasteiger charge is 2.32. The van der Waals surface area contributed by atoms with Crippen molar-refractivity contribution in [1.82, 2.24) is 24.9 Å². The minimum Gasteiger partial charge on any atom is -0.368 e. The fourth-order valence-corrected chi connectivity index (χ4v) is 9.11. The van der Waals surface area contributed by atoms with Crippen molar-refractivity contribution in [2.24, 2.45) is 16.9 Å². The van der Waals surface area contributed by atoms with Gasteiger partial charge in [-0.1, -0.05) is 111 Å². The molecule has 8 nitrogen and oxygen atoms in total. The number of unbranched alkanes of at least 4 members (excludes halogenated alkanes) is 1. The van der Waals surface area contributed by atoms with Gasteiger partial charge in [-0.3, -0.25) is 9.88 Å². The maximum atomic E-state index is 6.80. The smallest absolute Gasteiger partial charge is 0.0663 e. The molecule has 2 aromatic carbocycles. The average molecular weight is 861 g/mol. The molecule has 1 saturated carbocycles. The Morgan fingerprint density at radius 1 is 0.921 bits per heavy atom. The highest BCUT2D eigenvalue weighted by atomic mass is 15.5. The molecule has 4 heterocycles. The van der Waals surface area contributed by atoms with E-state index in [9.17, 15) is 0 Å². The predicted molar refractivity (Wildman–Crippen MR) is 275 cm³/mol. The van der Waals surface area contributed by atoms with Crippen LogP contribution in [0.5, 0.6) is 0 Å². The Kier molecular flexibility index (Phi) is 20.5. The van der Waals surface area contributed by atoms with Gasteiger partial charge < -0.3 is 25.9 Å². The summed E-state index contributed by atoms with van der Waals surface area (Å²) < 4.78 is 2.52. The van der Waals surface area contributed by atoms with Gasteiger partial charge in [-0.05, 0) is 118 Å². The number of aromatic nitrogens is 2. The van der Waals surface area contributed by atoms with Crippen LogP contribution in [0.1, 0.15) is 149 Å². The van der Waals surface area contributed by atoms with E-state index in [4.69, 9.17) is 16.5 Å². The molecule has 3 aliphatic rings. The Bertz CT molecular complexity index is 2020. The molecule has 5 N–H and O–H groups in total. The lowest BCUT2D eigenvalue weighted by atomic mass is 9.80. The van der Waals surface area contributed by atoms with Crippen molar-refractivity contribution in [3.8, 4) is 22.4 Å².